The second kappa shape index (κ2) is 9.86. The summed E-state index contributed by atoms with van der Waals surface area (Å²) in [5, 5.41) is 0. The molecule has 2 nitrogen and oxygen atoms in total. The van der Waals surface area contributed by atoms with Crippen LogP contribution < -0.4 is 0 Å². The van der Waals surface area contributed by atoms with Crippen molar-refractivity contribution in [1.82, 2.24) is 4.90 Å². The van der Waals surface area contributed by atoms with Crippen molar-refractivity contribution >= 4 is 5.84 Å². The quantitative estimate of drug-likeness (QED) is 0.652. The third kappa shape index (κ3) is 4.84. The van der Waals surface area contributed by atoms with Gasteiger partial charge < -0.3 is 0 Å². The fourth-order valence-corrected chi connectivity index (χ4v) is 3.77. The fraction of sp³-hybridized carbons (Fsp3) is 0.682. The van der Waals surface area contributed by atoms with Crippen LogP contribution in [0.15, 0.2) is 12.1 Å². The van der Waals surface area contributed by atoms with Gasteiger partial charge in [0.1, 0.15) is 6.54 Å². The maximum absolute atomic E-state index is 2.67. The van der Waals surface area contributed by atoms with E-state index < -0.39 is 0 Å². The average molecular weight is 332 g/mol. The third-order valence-corrected chi connectivity index (χ3v) is 5.23. The zero-order chi connectivity index (χ0) is 16.8. The molecule has 0 fully saturated rings. The molecule has 0 N–H and O–H groups in total. The third-order valence-electron chi connectivity index (χ3n) is 5.23. The highest BCUT2D eigenvalue weighted by Crippen LogP contribution is 2.21. The fourth-order valence-electron chi connectivity index (χ4n) is 3.77. The van der Waals surface area contributed by atoms with Crippen molar-refractivity contribution in [2.24, 2.45) is 0 Å². The van der Waals surface area contributed by atoms with Crippen LogP contribution in [0.4, 0.5) is 0 Å². The number of amidine groups is 1. The Morgan fingerprint density at radius 3 is 2.21 bits per heavy atom. The smallest absolute Gasteiger partial charge is 0.247 e. The van der Waals surface area contributed by atoms with Crippen molar-refractivity contribution in [3.8, 4) is 0 Å². The van der Waals surface area contributed by atoms with Crippen molar-refractivity contribution in [2.75, 3.05) is 19.6 Å². The molecule has 0 saturated heterocycles. The molecule has 0 atom stereocenters. The summed E-state index contributed by atoms with van der Waals surface area (Å²) in [7, 11) is 0. The van der Waals surface area contributed by atoms with Gasteiger partial charge >= 0.3 is 0 Å². The van der Waals surface area contributed by atoms with Crippen LogP contribution in [0.1, 0.15) is 75.6 Å². The van der Waals surface area contributed by atoms with E-state index in [0.29, 0.717) is 0 Å². The molecule has 24 heavy (non-hydrogen) atoms. The monoisotopic (exact) mass is 331 g/mol. The minimum atomic E-state index is 0. The Labute approximate surface area is 150 Å². The van der Waals surface area contributed by atoms with Gasteiger partial charge in [0.05, 0.1) is 19.6 Å². The summed E-state index contributed by atoms with van der Waals surface area (Å²) in [4.78, 5) is 2.67. The number of hydrogen-bond donors (Lipinski definition) is 0. The van der Waals surface area contributed by atoms with Gasteiger partial charge in [0.25, 0.3) is 0 Å². The standard InChI is InChI=1S/C19H29N2.C2H6.CH4/c1-15-12-17(3)18(13-16(15)2)14-21-11-7-6-10-20-9-5-4-8-19(20)21;1-2;/h12-13H,4-11,14H2,1-3H3;1-2H3;1H4/q+1;;. The van der Waals surface area contributed by atoms with Gasteiger partial charge in [-0.05, 0) is 68.7 Å². The van der Waals surface area contributed by atoms with Crippen LogP contribution in [0, 0.1) is 20.8 Å². The van der Waals surface area contributed by atoms with Crippen LogP contribution in [0.5, 0.6) is 0 Å². The summed E-state index contributed by atoms with van der Waals surface area (Å²) < 4.78 is 2.66. The molecule has 2 aliphatic rings. The Morgan fingerprint density at radius 1 is 0.875 bits per heavy atom. The van der Waals surface area contributed by atoms with Crippen LogP contribution in [0.25, 0.3) is 0 Å². The summed E-state index contributed by atoms with van der Waals surface area (Å²) in [5.41, 5.74) is 5.80. The van der Waals surface area contributed by atoms with Crippen molar-refractivity contribution < 1.29 is 4.58 Å². The van der Waals surface area contributed by atoms with Crippen LogP contribution in [0.3, 0.4) is 0 Å². The summed E-state index contributed by atoms with van der Waals surface area (Å²) in [6.45, 7) is 15.6. The first-order valence-electron chi connectivity index (χ1n) is 9.57. The lowest BCUT2D eigenvalue weighted by Crippen LogP contribution is -2.39. The maximum atomic E-state index is 2.67. The Kier molecular flexibility index (Phi) is 8.52. The number of aryl methyl sites for hydroxylation is 3. The van der Waals surface area contributed by atoms with Gasteiger partial charge in [-0.3, -0.25) is 9.48 Å². The molecule has 0 radical (unpaired) electrons. The molecule has 136 valence electrons. The highest BCUT2D eigenvalue weighted by atomic mass is 15.2. The van der Waals surface area contributed by atoms with E-state index >= 15 is 0 Å². The minimum absolute atomic E-state index is 0. The van der Waals surface area contributed by atoms with Gasteiger partial charge in [0.15, 0.2) is 0 Å². The van der Waals surface area contributed by atoms with E-state index in [9.17, 15) is 0 Å². The molecule has 1 aromatic rings. The topological polar surface area (TPSA) is 6.25 Å². The normalized spacial score (nSPS) is 17.3. The van der Waals surface area contributed by atoms with Crippen molar-refractivity contribution in [3.63, 3.8) is 0 Å². The number of hydrogen-bond acceptors (Lipinski definition) is 1. The van der Waals surface area contributed by atoms with Crippen molar-refractivity contribution in [2.45, 2.75) is 80.7 Å². The predicted octanol–water partition coefficient (Wildman–Crippen LogP) is 5.46. The Bertz CT molecular complexity index is 557. The lowest BCUT2D eigenvalue weighted by Gasteiger charge is -2.24. The largest absolute Gasteiger partial charge is 0.266 e. The molecule has 3 rings (SSSR count). The van der Waals surface area contributed by atoms with E-state index in [2.05, 4.69) is 42.4 Å². The Balaban J connectivity index is 0.000000925. The molecule has 2 heterocycles. The first kappa shape index (κ1) is 20.7. The molecule has 0 saturated carbocycles. The van der Waals surface area contributed by atoms with Crippen LogP contribution in [0.2, 0.25) is 0 Å². The first-order valence-corrected chi connectivity index (χ1v) is 9.57. The van der Waals surface area contributed by atoms with E-state index in [-0.39, 0.29) is 7.43 Å². The molecule has 0 aliphatic carbocycles. The van der Waals surface area contributed by atoms with Gasteiger partial charge in [-0.1, -0.05) is 33.4 Å². The van der Waals surface area contributed by atoms with E-state index in [1.54, 1.807) is 5.84 Å². The van der Waals surface area contributed by atoms with E-state index in [4.69, 9.17) is 0 Å². The van der Waals surface area contributed by atoms with Crippen molar-refractivity contribution in [3.05, 3.63) is 34.4 Å². The van der Waals surface area contributed by atoms with Crippen LogP contribution in [-0.4, -0.2) is 34.9 Å². The SMILES string of the molecule is C.CC.Cc1cc(C)c(CN2CCCC[N+]3=C2CCCC3)cc1C. The zero-order valence-corrected chi connectivity index (χ0v) is 15.9. The molecular weight excluding hydrogens is 292 g/mol. The van der Waals surface area contributed by atoms with Gasteiger partial charge in [0.2, 0.25) is 5.84 Å². The molecule has 2 heteroatoms. The molecular formula is C22H39N2+. The highest BCUT2D eigenvalue weighted by Gasteiger charge is 2.28. The summed E-state index contributed by atoms with van der Waals surface area (Å²) in [6, 6.07) is 4.76. The molecule has 1 aromatic carbocycles. The van der Waals surface area contributed by atoms with E-state index in [0.717, 1.165) is 6.54 Å². The number of benzene rings is 1. The zero-order valence-electron chi connectivity index (χ0n) is 15.9. The number of rotatable bonds is 2. The molecule has 0 aromatic heterocycles. The van der Waals surface area contributed by atoms with Crippen LogP contribution in [-0.2, 0) is 6.54 Å². The highest BCUT2D eigenvalue weighted by molar-refractivity contribution is 5.78. The van der Waals surface area contributed by atoms with E-state index in [1.807, 2.05) is 13.8 Å². The summed E-state index contributed by atoms with van der Waals surface area (Å²) in [6.07, 6.45) is 6.72. The molecule has 0 unspecified atom stereocenters. The van der Waals surface area contributed by atoms with Gasteiger partial charge in [0, 0.05) is 6.42 Å². The predicted molar refractivity (Wildman–Crippen MR) is 107 cm³/mol. The summed E-state index contributed by atoms with van der Waals surface area (Å²) in [5.74, 6) is 1.62. The molecule has 2 aliphatic heterocycles. The molecule has 0 bridgehead atoms. The maximum Gasteiger partial charge on any atom is 0.247 e. The molecule has 0 spiro atoms. The first-order chi connectivity index (χ1) is 11.1. The van der Waals surface area contributed by atoms with Crippen molar-refractivity contribution in [1.29, 1.82) is 0 Å². The average Bonchev–Trinajstić information content (AvgIpc) is 2.77. The molecule has 0 amide bonds. The second-order valence-corrected chi connectivity index (χ2v) is 6.85. The summed E-state index contributed by atoms with van der Waals surface area (Å²) >= 11 is 0. The van der Waals surface area contributed by atoms with Gasteiger partial charge in [-0.2, -0.15) is 0 Å². The Hall–Kier alpha value is -1.31. The lowest BCUT2D eigenvalue weighted by atomic mass is 10.00. The lowest BCUT2D eigenvalue weighted by molar-refractivity contribution is -0.537. The van der Waals surface area contributed by atoms with Gasteiger partial charge in [-0.15, -0.1) is 0 Å². The van der Waals surface area contributed by atoms with E-state index in [1.165, 1.54) is 74.0 Å². The number of nitrogens with zero attached hydrogens (tertiary/aromatic N) is 2. The second-order valence-electron chi connectivity index (χ2n) is 6.85. The van der Waals surface area contributed by atoms with Gasteiger partial charge in [-0.25, -0.2) is 0 Å². The minimum Gasteiger partial charge on any atom is -0.266 e. The van der Waals surface area contributed by atoms with Crippen LogP contribution >= 0.6 is 0 Å². The Morgan fingerprint density at radius 2 is 1.50 bits per heavy atom.